The van der Waals surface area contributed by atoms with Crippen LogP contribution in [0.25, 0.3) is 22.0 Å². The van der Waals surface area contributed by atoms with Crippen LogP contribution in [0.3, 0.4) is 0 Å². The third kappa shape index (κ3) is 4.43. The number of fused-ring (bicyclic) bond motifs is 1. The van der Waals surface area contributed by atoms with E-state index in [0.29, 0.717) is 18.1 Å². The highest BCUT2D eigenvalue weighted by atomic mass is 16.5. The molecule has 0 saturated carbocycles. The summed E-state index contributed by atoms with van der Waals surface area (Å²) >= 11 is 0. The maximum absolute atomic E-state index is 12.0. The Hall–Kier alpha value is -3.28. The fraction of sp³-hybridized carbons (Fsp3) is 0.360. The van der Waals surface area contributed by atoms with E-state index >= 15 is 0 Å². The minimum Gasteiger partial charge on any atom is -0.493 e. The van der Waals surface area contributed by atoms with Gasteiger partial charge in [-0.15, -0.1) is 0 Å². The molecular formula is C25H28N2O4. The zero-order valence-corrected chi connectivity index (χ0v) is 18.3. The van der Waals surface area contributed by atoms with Gasteiger partial charge in [-0.05, 0) is 67.3 Å². The van der Waals surface area contributed by atoms with Crippen molar-refractivity contribution in [1.29, 1.82) is 0 Å². The van der Waals surface area contributed by atoms with Gasteiger partial charge in [-0.2, -0.15) is 0 Å². The summed E-state index contributed by atoms with van der Waals surface area (Å²) in [6.45, 7) is 3.91. The number of aromatic nitrogens is 1. The number of hydrogen-bond acceptors (Lipinski definition) is 6. The number of anilines is 1. The standard InChI is InChI=1S/C25H28N2O4/c1-4-31-25(28)17-11-13-27(14-12-17)24-10-7-20-15-18(5-8-21(20)26-24)19-6-9-22(29-2)23(16-19)30-3/h5-10,15-17H,4,11-14H2,1-3H3. The van der Waals surface area contributed by atoms with Crippen LogP contribution in [-0.4, -0.2) is 44.9 Å². The van der Waals surface area contributed by atoms with Crippen molar-refractivity contribution >= 4 is 22.7 Å². The van der Waals surface area contributed by atoms with E-state index < -0.39 is 0 Å². The molecule has 3 aromatic rings. The number of methoxy groups -OCH3 is 2. The number of esters is 1. The molecule has 2 heterocycles. The molecule has 0 atom stereocenters. The average Bonchev–Trinajstić information content (AvgIpc) is 2.83. The number of carbonyl (C=O) groups is 1. The lowest BCUT2D eigenvalue weighted by Gasteiger charge is -2.31. The molecule has 1 saturated heterocycles. The Morgan fingerprint density at radius 2 is 1.68 bits per heavy atom. The highest BCUT2D eigenvalue weighted by Crippen LogP contribution is 2.33. The normalized spacial score (nSPS) is 14.5. The highest BCUT2D eigenvalue weighted by molar-refractivity contribution is 5.86. The number of nitrogens with zero attached hydrogens (tertiary/aromatic N) is 2. The van der Waals surface area contributed by atoms with Gasteiger partial charge in [0.2, 0.25) is 0 Å². The first-order valence-corrected chi connectivity index (χ1v) is 10.7. The quantitative estimate of drug-likeness (QED) is 0.539. The van der Waals surface area contributed by atoms with Crippen LogP contribution < -0.4 is 14.4 Å². The molecule has 0 amide bonds. The van der Waals surface area contributed by atoms with Crippen molar-refractivity contribution in [3.8, 4) is 22.6 Å². The predicted molar refractivity (Wildman–Crippen MR) is 122 cm³/mol. The first kappa shape index (κ1) is 21.0. The van der Waals surface area contributed by atoms with Gasteiger partial charge in [0.15, 0.2) is 11.5 Å². The molecule has 1 aliphatic heterocycles. The van der Waals surface area contributed by atoms with Crippen molar-refractivity contribution < 1.29 is 19.0 Å². The SMILES string of the molecule is CCOC(=O)C1CCN(c2ccc3cc(-c4ccc(OC)c(OC)c4)ccc3n2)CC1. The number of piperidine rings is 1. The van der Waals surface area contributed by atoms with E-state index in [4.69, 9.17) is 19.2 Å². The number of pyridine rings is 1. The molecule has 0 N–H and O–H groups in total. The van der Waals surface area contributed by atoms with Gasteiger partial charge in [-0.3, -0.25) is 4.79 Å². The number of carbonyl (C=O) groups excluding carboxylic acids is 1. The molecule has 0 radical (unpaired) electrons. The van der Waals surface area contributed by atoms with Crippen LogP contribution in [0.5, 0.6) is 11.5 Å². The van der Waals surface area contributed by atoms with E-state index in [1.165, 1.54) is 0 Å². The lowest BCUT2D eigenvalue weighted by molar-refractivity contribution is -0.148. The largest absolute Gasteiger partial charge is 0.493 e. The number of hydrogen-bond donors (Lipinski definition) is 0. The van der Waals surface area contributed by atoms with Crippen molar-refractivity contribution in [2.24, 2.45) is 5.92 Å². The molecule has 0 spiro atoms. The zero-order valence-electron chi connectivity index (χ0n) is 18.3. The second kappa shape index (κ2) is 9.25. The Balaban J connectivity index is 1.52. The molecule has 0 aliphatic carbocycles. The molecule has 1 fully saturated rings. The van der Waals surface area contributed by atoms with Gasteiger partial charge in [0.05, 0.1) is 32.3 Å². The van der Waals surface area contributed by atoms with E-state index in [-0.39, 0.29) is 11.9 Å². The topological polar surface area (TPSA) is 60.9 Å². The molecular weight excluding hydrogens is 392 g/mol. The number of benzene rings is 2. The number of ether oxygens (including phenoxy) is 3. The Bertz CT molecular complexity index is 1070. The first-order valence-electron chi connectivity index (χ1n) is 10.7. The maximum Gasteiger partial charge on any atom is 0.309 e. The molecule has 31 heavy (non-hydrogen) atoms. The molecule has 162 valence electrons. The van der Waals surface area contributed by atoms with Gasteiger partial charge in [-0.25, -0.2) is 4.98 Å². The summed E-state index contributed by atoms with van der Waals surface area (Å²) in [4.78, 5) is 19.1. The van der Waals surface area contributed by atoms with Crippen molar-refractivity contribution in [3.05, 3.63) is 48.5 Å². The average molecular weight is 421 g/mol. The predicted octanol–water partition coefficient (Wildman–Crippen LogP) is 4.70. The van der Waals surface area contributed by atoms with E-state index in [1.54, 1.807) is 14.2 Å². The number of rotatable bonds is 6. The third-order valence-electron chi connectivity index (χ3n) is 5.83. The van der Waals surface area contributed by atoms with Gasteiger partial charge in [0.1, 0.15) is 5.82 Å². The van der Waals surface area contributed by atoms with Crippen LogP contribution in [0.15, 0.2) is 48.5 Å². The Labute approximate surface area is 182 Å². The van der Waals surface area contributed by atoms with Crippen molar-refractivity contribution in [2.45, 2.75) is 19.8 Å². The fourth-order valence-corrected chi connectivity index (χ4v) is 4.09. The monoisotopic (exact) mass is 420 g/mol. The summed E-state index contributed by atoms with van der Waals surface area (Å²) in [5, 5.41) is 1.08. The minimum atomic E-state index is -0.0729. The second-order valence-corrected chi connectivity index (χ2v) is 7.66. The van der Waals surface area contributed by atoms with Crippen molar-refractivity contribution in [2.75, 3.05) is 38.8 Å². The minimum absolute atomic E-state index is 0.000651. The zero-order chi connectivity index (χ0) is 21.8. The van der Waals surface area contributed by atoms with E-state index in [1.807, 2.05) is 25.1 Å². The molecule has 0 unspecified atom stereocenters. The summed E-state index contributed by atoms with van der Waals surface area (Å²) < 4.78 is 15.9. The molecule has 1 aliphatic rings. The van der Waals surface area contributed by atoms with Crippen molar-refractivity contribution in [1.82, 2.24) is 4.98 Å². The highest BCUT2D eigenvalue weighted by Gasteiger charge is 2.26. The van der Waals surface area contributed by atoms with E-state index in [0.717, 1.165) is 53.8 Å². The summed E-state index contributed by atoms with van der Waals surface area (Å²) in [5.74, 6) is 2.30. The lowest BCUT2D eigenvalue weighted by atomic mass is 9.97. The molecule has 6 nitrogen and oxygen atoms in total. The summed E-state index contributed by atoms with van der Waals surface area (Å²) in [7, 11) is 3.28. The maximum atomic E-state index is 12.0. The van der Waals surface area contributed by atoms with Gasteiger partial charge in [0, 0.05) is 18.5 Å². The Kier molecular flexibility index (Phi) is 6.26. The van der Waals surface area contributed by atoms with Crippen LogP contribution in [0.4, 0.5) is 5.82 Å². The molecule has 1 aromatic heterocycles. The molecule has 4 rings (SSSR count). The molecule has 2 aromatic carbocycles. The van der Waals surface area contributed by atoms with Crippen LogP contribution in [-0.2, 0) is 9.53 Å². The van der Waals surface area contributed by atoms with Crippen LogP contribution >= 0.6 is 0 Å². The summed E-state index contributed by atoms with van der Waals surface area (Å²) in [6.07, 6.45) is 1.60. The summed E-state index contributed by atoms with van der Waals surface area (Å²) in [6, 6.07) is 16.4. The van der Waals surface area contributed by atoms with Gasteiger partial charge < -0.3 is 19.1 Å². The van der Waals surface area contributed by atoms with E-state index in [2.05, 4.69) is 35.2 Å². The van der Waals surface area contributed by atoms with Crippen LogP contribution in [0, 0.1) is 5.92 Å². The third-order valence-corrected chi connectivity index (χ3v) is 5.83. The lowest BCUT2D eigenvalue weighted by Crippen LogP contribution is -2.37. The first-order chi connectivity index (χ1) is 15.1. The second-order valence-electron chi connectivity index (χ2n) is 7.66. The van der Waals surface area contributed by atoms with Gasteiger partial charge in [-0.1, -0.05) is 12.1 Å². The van der Waals surface area contributed by atoms with Gasteiger partial charge >= 0.3 is 5.97 Å². The fourth-order valence-electron chi connectivity index (χ4n) is 4.09. The Morgan fingerprint density at radius 1 is 0.968 bits per heavy atom. The summed E-state index contributed by atoms with van der Waals surface area (Å²) in [5.41, 5.74) is 3.11. The van der Waals surface area contributed by atoms with Crippen LogP contribution in [0.1, 0.15) is 19.8 Å². The molecule has 6 heteroatoms. The van der Waals surface area contributed by atoms with Crippen LogP contribution in [0.2, 0.25) is 0 Å². The van der Waals surface area contributed by atoms with Gasteiger partial charge in [0.25, 0.3) is 0 Å². The molecule has 0 bridgehead atoms. The van der Waals surface area contributed by atoms with Crippen molar-refractivity contribution in [3.63, 3.8) is 0 Å². The smallest absolute Gasteiger partial charge is 0.309 e. The Morgan fingerprint density at radius 3 is 2.39 bits per heavy atom. The van der Waals surface area contributed by atoms with E-state index in [9.17, 15) is 4.79 Å².